The van der Waals surface area contributed by atoms with Crippen molar-refractivity contribution in [1.29, 1.82) is 0 Å². The van der Waals surface area contributed by atoms with E-state index in [9.17, 15) is 14.9 Å². The Morgan fingerprint density at radius 2 is 1.97 bits per heavy atom. The van der Waals surface area contributed by atoms with Gasteiger partial charge in [-0.3, -0.25) is 20.2 Å². The molecule has 0 aliphatic carbocycles. The molecule has 158 valence electrons. The number of hydrogen-bond acceptors (Lipinski definition) is 6. The van der Waals surface area contributed by atoms with Gasteiger partial charge in [-0.1, -0.05) is 0 Å². The van der Waals surface area contributed by atoms with E-state index in [4.69, 9.17) is 17.0 Å². The number of nitrogens with zero attached hydrogens (tertiary/aromatic N) is 2. The molecule has 30 heavy (non-hydrogen) atoms. The van der Waals surface area contributed by atoms with E-state index >= 15 is 0 Å². The van der Waals surface area contributed by atoms with E-state index in [1.54, 1.807) is 0 Å². The molecule has 1 aliphatic heterocycles. The number of hydrogen-bond donors (Lipinski definition) is 2. The SMILES string of the molecule is COc1ccc(C(=O)NC(=S)Nc2ccc(N3CCCC[C@H]3C)cc2)cc1[N+](=O)[O-]. The fraction of sp³-hybridized carbons (Fsp3) is 0.333. The van der Waals surface area contributed by atoms with Crippen LogP contribution in [0, 0.1) is 10.1 Å². The normalized spacial score (nSPS) is 15.9. The second-order valence-electron chi connectivity index (χ2n) is 7.14. The number of carbonyl (C=O) groups is 1. The van der Waals surface area contributed by atoms with E-state index in [1.807, 2.05) is 24.3 Å². The highest BCUT2D eigenvalue weighted by atomic mass is 32.1. The first-order chi connectivity index (χ1) is 14.4. The van der Waals surface area contributed by atoms with Crippen molar-refractivity contribution in [2.75, 3.05) is 23.9 Å². The Hall–Kier alpha value is -3.20. The summed E-state index contributed by atoms with van der Waals surface area (Å²) >= 11 is 5.21. The summed E-state index contributed by atoms with van der Waals surface area (Å²) in [4.78, 5) is 25.3. The van der Waals surface area contributed by atoms with Crippen LogP contribution in [0.15, 0.2) is 42.5 Å². The highest BCUT2D eigenvalue weighted by Gasteiger charge is 2.20. The number of thiocarbonyl (C=S) groups is 1. The molecule has 9 heteroatoms. The maximum absolute atomic E-state index is 12.4. The Balaban J connectivity index is 1.62. The minimum absolute atomic E-state index is 0.0837. The number of nitro benzene ring substituents is 1. The molecule has 1 atom stereocenters. The lowest BCUT2D eigenvalue weighted by molar-refractivity contribution is -0.385. The number of amides is 1. The monoisotopic (exact) mass is 428 g/mol. The third-order valence-electron chi connectivity index (χ3n) is 5.12. The fourth-order valence-corrected chi connectivity index (χ4v) is 3.74. The standard InChI is InChI=1S/C21H24N4O4S/c1-14-5-3-4-12-24(14)17-9-7-16(8-10-17)22-21(30)23-20(26)15-6-11-19(29-2)18(13-15)25(27)28/h6-11,13-14H,3-5,12H2,1-2H3,(H2,22,23,26,30)/t14-/m1/s1. The number of ether oxygens (including phenoxy) is 1. The predicted molar refractivity (Wildman–Crippen MR) is 120 cm³/mol. The molecule has 2 aromatic rings. The summed E-state index contributed by atoms with van der Waals surface area (Å²) in [6.45, 7) is 3.29. The van der Waals surface area contributed by atoms with Gasteiger partial charge < -0.3 is 15.0 Å². The molecular formula is C21H24N4O4S. The number of nitro groups is 1. The van der Waals surface area contributed by atoms with Gasteiger partial charge in [-0.25, -0.2) is 0 Å². The first-order valence-electron chi connectivity index (χ1n) is 9.70. The molecule has 1 aliphatic rings. The first-order valence-corrected chi connectivity index (χ1v) is 10.1. The maximum Gasteiger partial charge on any atom is 0.311 e. The zero-order valence-electron chi connectivity index (χ0n) is 16.9. The molecule has 1 amide bonds. The fourth-order valence-electron chi connectivity index (χ4n) is 3.53. The summed E-state index contributed by atoms with van der Waals surface area (Å²) in [5, 5.41) is 16.7. The van der Waals surface area contributed by atoms with Crippen LogP contribution in [-0.2, 0) is 0 Å². The lowest BCUT2D eigenvalue weighted by atomic mass is 10.0. The Morgan fingerprint density at radius 3 is 2.60 bits per heavy atom. The molecule has 1 saturated heterocycles. The van der Waals surface area contributed by atoms with Gasteiger partial charge in [0.25, 0.3) is 5.91 Å². The van der Waals surface area contributed by atoms with Crippen LogP contribution in [0.3, 0.4) is 0 Å². The van der Waals surface area contributed by atoms with Crippen LogP contribution in [0.2, 0.25) is 0 Å². The summed E-state index contributed by atoms with van der Waals surface area (Å²) in [5.41, 5.74) is 1.73. The summed E-state index contributed by atoms with van der Waals surface area (Å²) in [5.74, 6) is -0.461. The predicted octanol–water partition coefficient (Wildman–Crippen LogP) is 4.11. The number of rotatable bonds is 5. The average Bonchev–Trinajstić information content (AvgIpc) is 2.74. The molecule has 0 bridgehead atoms. The highest BCUT2D eigenvalue weighted by molar-refractivity contribution is 7.80. The third kappa shape index (κ3) is 5.04. The molecule has 2 aromatic carbocycles. The summed E-state index contributed by atoms with van der Waals surface area (Å²) in [7, 11) is 1.33. The van der Waals surface area contributed by atoms with Gasteiger partial charge in [0.1, 0.15) is 0 Å². The minimum Gasteiger partial charge on any atom is -0.490 e. The number of nitrogens with one attached hydrogen (secondary N) is 2. The molecule has 0 spiro atoms. The summed E-state index contributed by atoms with van der Waals surface area (Å²) < 4.78 is 4.95. The van der Waals surface area contributed by atoms with Crippen molar-refractivity contribution in [3.05, 3.63) is 58.1 Å². The van der Waals surface area contributed by atoms with E-state index < -0.39 is 10.8 Å². The van der Waals surface area contributed by atoms with Crippen molar-refractivity contribution in [2.24, 2.45) is 0 Å². The summed E-state index contributed by atoms with van der Waals surface area (Å²) in [6, 6.07) is 12.4. The van der Waals surface area contributed by atoms with E-state index in [0.29, 0.717) is 6.04 Å². The van der Waals surface area contributed by atoms with Crippen LogP contribution >= 0.6 is 12.2 Å². The zero-order chi connectivity index (χ0) is 21.7. The maximum atomic E-state index is 12.4. The second-order valence-corrected chi connectivity index (χ2v) is 7.55. The van der Waals surface area contributed by atoms with Gasteiger partial charge in [-0.05, 0) is 74.8 Å². The molecule has 1 heterocycles. The second kappa shape index (κ2) is 9.53. The third-order valence-corrected chi connectivity index (χ3v) is 5.33. The molecule has 8 nitrogen and oxygen atoms in total. The first kappa shape index (κ1) is 21.5. The van der Waals surface area contributed by atoms with E-state index in [-0.39, 0.29) is 22.1 Å². The van der Waals surface area contributed by atoms with Crippen molar-refractivity contribution < 1.29 is 14.5 Å². The van der Waals surface area contributed by atoms with E-state index in [0.717, 1.165) is 24.0 Å². The Labute approximate surface area is 180 Å². The van der Waals surface area contributed by atoms with E-state index in [1.165, 1.54) is 38.5 Å². The van der Waals surface area contributed by atoms with Crippen LogP contribution in [-0.4, -0.2) is 35.6 Å². The number of benzene rings is 2. The van der Waals surface area contributed by atoms with Crippen molar-refractivity contribution >= 4 is 40.3 Å². The highest BCUT2D eigenvalue weighted by Crippen LogP contribution is 2.28. The number of anilines is 2. The molecular weight excluding hydrogens is 404 g/mol. The topological polar surface area (TPSA) is 96.7 Å². The number of methoxy groups -OCH3 is 1. The Morgan fingerprint density at radius 1 is 1.23 bits per heavy atom. The molecule has 2 N–H and O–H groups in total. The van der Waals surface area contributed by atoms with E-state index in [2.05, 4.69) is 22.5 Å². The van der Waals surface area contributed by atoms with Crippen molar-refractivity contribution in [3.63, 3.8) is 0 Å². The van der Waals surface area contributed by atoms with Gasteiger partial charge in [-0.2, -0.15) is 0 Å². The van der Waals surface area contributed by atoms with Crippen LogP contribution < -0.4 is 20.3 Å². The van der Waals surface area contributed by atoms with Crippen molar-refractivity contribution in [3.8, 4) is 5.75 Å². The number of carbonyl (C=O) groups excluding carboxylic acids is 1. The largest absolute Gasteiger partial charge is 0.490 e. The quantitative estimate of drug-likeness (QED) is 0.420. The van der Waals surface area contributed by atoms with Crippen LogP contribution in [0.4, 0.5) is 17.1 Å². The van der Waals surface area contributed by atoms with Gasteiger partial charge >= 0.3 is 5.69 Å². The molecule has 1 fully saturated rings. The molecule has 0 radical (unpaired) electrons. The van der Waals surface area contributed by atoms with Crippen LogP contribution in [0.1, 0.15) is 36.5 Å². The molecule has 0 saturated carbocycles. The smallest absolute Gasteiger partial charge is 0.311 e. The molecule has 0 aromatic heterocycles. The molecule has 3 rings (SSSR count). The van der Waals surface area contributed by atoms with Crippen molar-refractivity contribution in [1.82, 2.24) is 5.32 Å². The lowest BCUT2D eigenvalue weighted by Crippen LogP contribution is -2.37. The Bertz CT molecular complexity index is 949. The van der Waals surface area contributed by atoms with Gasteiger partial charge in [0, 0.05) is 35.6 Å². The number of piperidine rings is 1. The Kier molecular flexibility index (Phi) is 6.83. The minimum atomic E-state index is -0.600. The van der Waals surface area contributed by atoms with Crippen molar-refractivity contribution in [2.45, 2.75) is 32.2 Å². The van der Waals surface area contributed by atoms with Crippen LogP contribution in [0.5, 0.6) is 5.75 Å². The lowest BCUT2D eigenvalue weighted by Gasteiger charge is -2.35. The van der Waals surface area contributed by atoms with Gasteiger partial charge in [0.15, 0.2) is 10.9 Å². The average molecular weight is 429 g/mol. The zero-order valence-corrected chi connectivity index (χ0v) is 17.7. The summed E-state index contributed by atoms with van der Waals surface area (Å²) in [6.07, 6.45) is 3.66. The van der Waals surface area contributed by atoms with Crippen LogP contribution in [0.25, 0.3) is 0 Å². The molecule has 0 unspecified atom stereocenters. The van der Waals surface area contributed by atoms with Gasteiger partial charge in [0.05, 0.1) is 12.0 Å². The van der Waals surface area contributed by atoms with Gasteiger partial charge in [0.2, 0.25) is 0 Å². The van der Waals surface area contributed by atoms with Gasteiger partial charge in [-0.15, -0.1) is 0 Å².